The highest BCUT2D eigenvalue weighted by Gasteiger charge is 2.20. The Bertz CT molecular complexity index is 2420. The lowest BCUT2D eigenvalue weighted by Gasteiger charge is -1.96. The van der Waals surface area contributed by atoms with Crippen LogP contribution in [0.4, 0.5) is 5.00 Å². The summed E-state index contributed by atoms with van der Waals surface area (Å²) in [5.41, 5.74) is 5.96. The van der Waals surface area contributed by atoms with Gasteiger partial charge in [-0.1, -0.05) is 0 Å². The lowest BCUT2D eigenvalue weighted by Crippen LogP contribution is -1.95. The molecule has 0 atom stereocenters. The van der Waals surface area contributed by atoms with Crippen LogP contribution in [0.5, 0.6) is 0 Å². The molecule has 0 saturated heterocycles. The zero-order valence-corrected chi connectivity index (χ0v) is 26.9. The summed E-state index contributed by atoms with van der Waals surface area (Å²) < 4.78 is 2.29. The van der Waals surface area contributed by atoms with Crippen molar-refractivity contribution in [2.75, 3.05) is 5.73 Å². The van der Waals surface area contributed by atoms with E-state index in [0.29, 0.717) is 10.7 Å². The first-order valence-corrected chi connectivity index (χ1v) is 18.1. The van der Waals surface area contributed by atoms with Crippen LogP contribution in [-0.2, 0) is 0 Å². The van der Waals surface area contributed by atoms with E-state index in [4.69, 9.17) is 16.6 Å². The van der Waals surface area contributed by atoms with Crippen molar-refractivity contribution < 1.29 is 0 Å². The number of fused-ring (bicyclic) bond motifs is 6. The zero-order valence-electron chi connectivity index (χ0n) is 22.0. The number of anilines is 1. The Morgan fingerprint density at radius 3 is 1.31 bits per heavy atom. The molecule has 9 heteroatoms. The molecule has 0 aliphatic heterocycles. The molecule has 0 fully saturated rings. The maximum Gasteiger partial charge on any atom is 0.0863 e. The van der Waals surface area contributed by atoms with E-state index in [1.807, 2.05) is 28.7 Å². The number of rotatable bonds is 4. The minimum Gasteiger partial charge on any atom is -0.391 e. The van der Waals surface area contributed by atoms with Gasteiger partial charge >= 0.3 is 0 Å². The number of nitrogens with one attached hydrogen (secondary N) is 2. The van der Waals surface area contributed by atoms with Gasteiger partial charge in [-0.15, -0.1) is 68.0 Å². The van der Waals surface area contributed by atoms with Crippen LogP contribution in [0.15, 0.2) is 72.8 Å². The molecule has 3 nitrogen and oxygen atoms in total. The fourth-order valence-electron chi connectivity index (χ4n) is 5.73. The Balaban J connectivity index is 1.15. The van der Waals surface area contributed by atoms with Gasteiger partial charge in [-0.05, 0) is 79.7 Å². The summed E-state index contributed by atoms with van der Waals surface area (Å²) in [7, 11) is 0. The number of hydrogen-bond donors (Lipinski definition) is 3. The van der Waals surface area contributed by atoms with E-state index in [9.17, 15) is 0 Å². The summed E-state index contributed by atoms with van der Waals surface area (Å²) >= 11 is 10.5. The van der Waals surface area contributed by atoms with Crippen LogP contribution in [0.1, 0.15) is 4.88 Å². The second-order valence-electron chi connectivity index (χ2n) is 10.3. The first-order chi connectivity index (χ1) is 20.4. The second kappa shape index (κ2) is 9.03. The van der Waals surface area contributed by atoms with Crippen molar-refractivity contribution in [2.24, 2.45) is 0 Å². The third kappa shape index (κ3) is 3.65. The Morgan fingerprint density at radius 1 is 0.429 bits per heavy atom. The Kier molecular flexibility index (Phi) is 5.40. The Labute approximate surface area is 263 Å². The van der Waals surface area contributed by atoms with Gasteiger partial charge in [0, 0.05) is 85.6 Å². The van der Waals surface area contributed by atoms with E-state index >= 15 is 0 Å². The average molecular weight is 650 g/mol. The molecule has 0 aliphatic rings. The van der Waals surface area contributed by atoms with Crippen LogP contribution in [0, 0.1) is 17.7 Å². The van der Waals surface area contributed by atoms with E-state index < -0.39 is 0 Å². The highest BCUT2D eigenvalue weighted by Crippen LogP contribution is 2.46. The van der Waals surface area contributed by atoms with E-state index in [0.717, 1.165) is 46.7 Å². The maximum absolute atomic E-state index is 9.11. The topological polar surface area (TPSA) is 73.7 Å². The number of hydrogen-bond acceptors (Lipinski definition) is 9. The van der Waals surface area contributed by atoms with Gasteiger partial charge in [0.15, 0.2) is 0 Å². The van der Waals surface area contributed by atoms with Crippen LogP contribution >= 0.6 is 68.0 Å². The molecule has 0 unspecified atom stereocenters. The molecule has 0 aliphatic carbocycles. The third-order valence-electron chi connectivity index (χ3n) is 7.74. The first kappa shape index (κ1) is 25.1. The molecule has 9 rings (SSSR count). The highest BCUT2D eigenvalue weighted by atomic mass is 32.1. The number of thiophene rings is 6. The number of benzene rings is 1. The van der Waals surface area contributed by atoms with Crippen LogP contribution in [0.2, 0.25) is 0 Å². The van der Waals surface area contributed by atoms with E-state index in [-0.39, 0.29) is 0 Å². The fourth-order valence-corrected chi connectivity index (χ4v) is 12.1. The molecule has 6 heterocycles. The average Bonchev–Trinajstić information content (AvgIpc) is 3.81. The lowest BCUT2D eigenvalue weighted by atomic mass is 10.1. The fraction of sp³-hybridized carbons (Fsp3) is 0.0303. The second-order valence-corrected chi connectivity index (χ2v) is 17.0. The summed E-state index contributed by atoms with van der Waals surface area (Å²) in [6.45, 7) is 2.15. The molecule has 0 amide bonds. The van der Waals surface area contributed by atoms with Gasteiger partial charge in [0.25, 0.3) is 0 Å². The van der Waals surface area contributed by atoms with E-state index in [1.54, 1.807) is 45.3 Å². The molecule has 9 aromatic rings. The van der Waals surface area contributed by atoms with Gasteiger partial charge in [0.1, 0.15) is 0 Å². The minimum atomic E-state index is 0.582. The number of nitrogen functional groups attached to an aromatic ring is 1. The quantitative estimate of drug-likeness (QED) is 0.174. The van der Waals surface area contributed by atoms with Crippen molar-refractivity contribution in [3.63, 3.8) is 0 Å². The summed E-state index contributed by atoms with van der Waals surface area (Å²) in [6, 6.07) is 25.9. The molecule has 0 radical (unpaired) electrons. The van der Waals surface area contributed by atoms with Crippen molar-refractivity contribution in [1.29, 1.82) is 10.8 Å². The summed E-state index contributed by atoms with van der Waals surface area (Å²) in [4.78, 5) is 11.2. The predicted molar refractivity (Wildman–Crippen MR) is 189 cm³/mol. The van der Waals surface area contributed by atoms with E-state index in [2.05, 4.69) is 73.7 Å². The zero-order chi connectivity index (χ0) is 28.3. The van der Waals surface area contributed by atoms with Gasteiger partial charge in [0.05, 0.1) is 15.7 Å². The molecule has 0 bridgehead atoms. The monoisotopic (exact) mass is 649 g/mol. The van der Waals surface area contributed by atoms with Gasteiger partial charge in [-0.2, -0.15) is 0 Å². The van der Waals surface area contributed by atoms with Crippen molar-refractivity contribution in [1.82, 2.24) is 0 Å². The SMILES string of the molecule is Cc1ccc(-c2ccc(-c3cc4c(=N)c5cc6c(cc5c4s3)c(=N)c3cc(-c4ccc(-c5ccc(N)s5)s4)sc36)s2)s1. The highest BCUT2D eigenvalue weighted by molar-refractivity contribution is 7.30. The van der Waals surface area contributed by atoms with Crippen LogP contribution in [0.3, 0.4) is 0 Å². The van der Waals surface area contributed by atoms with Gasteiger partial charge in [0.2, 0.25) is 0 Å². The number of nitrogens with two attached hydrogens (primary N) is 1. The van der Waals surface area contributed by atoms with Crippen molar-refractivity contribution in [2.45, 2.75) is 6.92 Å². The predicted octanol–water partition coefficient (Wildman–Crippen LogP) is 11.1. The molecule has 4 N–H and O–H groups in total. The first-order valence-electron chi connectivity index (χ1n) is 13.2. The van der Waals surface area contributed by atoms with Crippen molar-refractivity contribution in [3.05, 3.63) is 88.4 Å². The molecule has 202 valence electrons. The van der Waals surface area contributed by atoms with Crippen LogP contribution < -0.4 is 16.4 Å². The van der Waals surface area contributed by atoms with Gasteiger partial charge in [-0.25, -0.2) is 0 Å². The largest absolute Gasteiger partial charge is 0.391 e. The molecular weight excluding hydrogens is 631 g/mol. The molecular formula is C33H19N3S6. The van der Waals surface area contributed by atoms with E-state index in [1.165, 1.54) is 43.9 Å². The summed E-state index contributed by atoms with van der Waals surface area (Å²) in [5.74, 6) is 0. The smallest absolute Gasteiger partial charge is 0.0863 e. The standard InChI is InChI=1S/C33H19N3S6/c1-14-2-3-21(37-14)22-4-6-25(38-22)27-12-19-30(35)15-11-18-16(10-17(15)32(19)41-27)31(36)20-13-28(42-33(18)20)26-7-5-23(39-26)24-8-9-29(34)40-24/h2-13,35-36H,34H2,1H3. The van der Waals surface area contributed by atoms with Gasteiger partial charge < -0.3 is 5.73 Å². The summed E-state index contributed by atoms with van der Waals surface area (Å²) in [5, 5.41) is 26.3. The molecule has 3 aromatic carbocycles. The van der Waals surface area contributed by atoms with Crippen LogP contribution in [0.25, 0.3) is 80.7 Å². The third-order valence-corrected chi connectivity index (χ3v) is 14.9. The van der Waals surface area contributed by atoms with Crippen molar-refractivity contribution in [3.8, 4) is 39.0 Å². The maximum atomic E-state index is 9.11. The van der Waals surface area contributed by atoms with Gasteiger partial charge in [-0.3, -0.25) is 10.8 Å². The van der Waals surface area contributed by atoms with Crippen molar-refractivity contribution >= 4 is 115 Å². The Morgan fingerprint density at radius 2 is 0.857 bits per heavy atom. The lowest BCUT2D eigenvalue weighted by molar-refractivity contribution is 1.35. The van der Waals surface area contributed by atoms with Crippen LogP contribution in [-0.4, -0.2) is 0 Å². The minimum absolute atomic E-state index is 0.582. The molecule has 6 aromatic heterocycles. The molecule has 0 saturated carbocycles. The number of aryl methyl sites for hydroxylation is 1. The molecule has 0 spiro atoms. The molecule has 42 heavy (non-hydrogen) atoms. The normalized spacial score (nSPS) is 12.2. The summed E-state index contributed by atoms with van der Waals surface area (Å²) in [6.07, 6.45) is 0. The Hall–Kier alpha value is -3.44.